The van der Waals surface area contributed by atoms with Crippen molar-refractivity contribution in [3.05, 3.63) is 46.4 Å². The summed E-state index contributed by atoms with van der Waals surface area (Å²) >= 11 is 0. The highest BCUT2D eigenvalue weighted by molar-refractivity contribution is 5.55. The standard InChI is InChI=1S/C12H12N2O3/c1-17-7-9-6-11(16)14-12(13-9)8-2-4-10(15)5-3-8/h2-6,15H,7H2,1H3,(H,13,14,16). The Bertz CT molecular complexity index is 561. The van der Waals surface area contributed by atoms with E-state index in [1.807, 2.05) is 0 Å². The van der Waals surface area contributed by atoms with Crippen molar-refractivity contribution in [2.75, 3.05) is 7.11 Å². The molecule has 1 aromatic heterocycles. The first-order valence-corrected chi connectivity index (χ1v) is 5.07. The van der Waals surface area contributed by atoms with Crippen LogP contribution in [0.25, 0.3) is 11.4 Å². The van der Waals surface area contributed by atoms with Gasteiger partial charge in [-0.1, -0.05) is 0 Å². The fourth-order valence-corrected chi connectivity index (χ4v) is 1.49. The third kappa shape index (κ3) is 2.70. The Morgan fingerprint density at radius 3 is 2.71 bits per heavy atom. The van der Waals surface area contributed by atoms with Gasteiger partial charge < -0.3 is 14.8 Å². The van der Waals surface area contributed by atoms with Gasteiger partial charge in [0.2, 0.25) is 0 Å². The van der Waals surface area contributed by atoms with Crippen LogP contribution in [0, 0.1) is 0 Å². The first-order chi connectivity index (χ1) is 8.19. The van der Waals surface area contributed by atoms with Crippen LogP contribution in [0.2, 0.25) is 0 Å². The summed E-state index contributed by atoms with van der Waals surface area (Å²) < 4.78 is 4.94. The number of H-pyrrole nitrogens is 1. The SMILES string of the molecule is COCc1cc(=O)[nH]c(-c2ccc(O)cc2)n1. The Labute approximate surface area is 97.7 Å². The van der Waals surface area contributed by atoms with E-state index >= 15 is 0 Å². The zero-order valence-electron chi connectivity index (χ0n) is 9.30. The molecular weight excluding hydrogens is 220 g/mol. The third-order valence-electron chi connectivity index (χ3n) is 2.23. The van der Waals surface area contributed by atoms with E-state index in [-0.39, 0.29) is 17.9 Å². The highest BCUT2D eigenvalue weighted by Crippen LogP contribution is 2.17. The molecule has 88 valence electrons. The van der Waals surface area contributed by atoms with E-state index in [9.17, 15) is 9.90 Å². The molecule has 0 fully saturated rings. The largest absolute Gasteiger partial charge is 0.508 e. The Balaban J connectivity index is 2.44. The van der Waals surface area contributed by atoms with Crippen LogP contribution in [0.4, 0.5) is 0 Å². The lowest BCUT2D eigenvalue weighted by molar-refractivity contribution is 0.181. The fraction of sp³-hybridized carbons (Fsp3) is 0.167. The van der Waals surface area contributed by atoms with Crippen LogP contribution in [0.3, 0.4) is 0 Å². The summed E-state index contributed by atoms with van der Waals surface area (Å²) in [5.41, 5.74) is 1.08. The van der Waals surface area contributed by atoms with Crippen molar-refractivity contribution in [2.45, 2.75) is 6.61 Å². The molecule has 17 heavy (non-hydrogen) atoms. The summed E-state index contributed by atoms with van der Waals surface area (Å²) in [7, 11) is 1.54. The summed E-state index contributed by atoms with van der Waals surface area (Å²) in [6.45, 7) is 0.287. The van der Waals surface area contributed by atoms with Crippen molar-refractivity contribution in [1.29, 1.82) is 0 Å². The highest BCUT2D eigenvalue weighted by atomic mass is 16.5. The Kier molecular flexibility index (Phi) is 3.20. The van der Waals surface area contributed by atoms with E-state index < -0.39 is 0 Å². The van der Waals surface area contributed by atoms with Gasteiger partial charge in [-0.05, 0) is 24.3 Å². The number of benzene rings is 1. The number of hydrogen-bond acceptors (Lipinski definition) is 4. The monoisotopic (exact) mass is 232 g/mol. The molecule has 0 spiro atoms. The van der Waals surface area contributed by atoms with E-state index in [1.165, 1.54) is 6.07 Å². The highest BCUT2D eigenvalue weighted by Gasteiger charge is 2.03. The van der Waals surface area contributed by atoms with Crippen molar-refractivity contribution in [2.24, 2.45) is 0 Å². The van der Waals surface area contributed by atoms with Gasteiger partial charge in [-0.15, -0.1) is 0 Å². The average molecular weight is 232 g/mol. The van der Waals surface area contributed by atoms with Crippen molar-refractivity contribution >= 4 is 0 Å². The zero-order valence-corrected chi connectivity index (χ0v) is 9.30. The predicted molar refractivity (Wildman–Crippen MR) is 62.7 cm³/mol. The average Bonchev–Trinajstić information content (AvgIpc) is 2.29. The number of aromatic nitrogens is 2. The number of nitrogens with one attached hydrogen (secondary N) is 1. The molecular formula is C12H12N2O3. The molecule has 5 nitrogen and oxygen atoms in total. The number of aromatic amines is 1. The second-order valence-electron chi connectivity index (χ2n) is 3.57. The molecule has 0 aliphatic heterocycles. The van der Waals surface area contributed by atoms with Gasteiger partial charge in [0, 0.05) is 18.7 Å². The minimum Gasteiger partial charge on any atom is -0.508 e. The van der Waals surface area contributed by atoms with Crippen molar-refractivity contribution in [3.63, 3.8) is 0 Å². The van der Waals surface area contributed by atoms with Crippen LogP contribution in [0.15, 0.2) is 35.1 Å². The molecule has 2 aromatic rings. The molecule has 0 aliphatic rings. The van der Waals surface area contributed by atoms with Gasteiger partial charge in [0.25, 0.3) is 5.56 Å². The first-order valence-electron chi connectivity index (χ1n) is 5.07. The second-order valence-corrected chi connectivity index (χ2v) is 3.57. The molecule has 1 aromatic carbocycles. The first kappa shape index (κ1) is 11.3. The molecule has 5 heteroatoms. The topological polar surface area (TPSA) is 75.2 Å². The Morgan fingerprint density at radius 2 is 2.06 bits per heavy atom. The van der Waals surface area contributed by atoms with Crippen LogP contribution in [-0.4, -0.2) is 22.2 Å². The summed E-state index contributed by atoms with van der Waals surface area (Å²) in [6, 6.07) is 7.85. The number of nitrogens with zero attached hydrogens (tertiary/aromatic N) is 1. The summed E-state index contributed by atoms with van der Waals surface area (Å²) in [5.74, 6) is 0.633. The molecule has 0 unspecified atom stereocenters. The van der Waals surface area contributed by atoms with E-state index in [0.717, 1.165) is 5.56 Å². The number of ether oxygens (including phenoxy) is 1. The molecule has 2 rings (SSSR count). The fourth-order valence-electron chi connectivity index (χ4n) is 1.49. The van der Waals surface area contributed by atoms with Crippen LogP contribution in [0.5, 0.6) is 5.75 Å². The smallest absolute Gasteiger partial charge is 0.251 e. The lowest BCUT2D eigenvalue weighted by atomic mass is 10.2. The van der Waals surface area contributed by atoms with Gasteiger partial charge in [0.15, 0.2) is 0 Å². The van der Waals surface area contributed by atoms with Crippen molar-refractivity contribution in [1.82, 2.24) is 9.97 Å². The molecule has 2 N–H and O–H groups in total. The number of aromatic hydroxyl groups is 1. The molecule has 1 heterocycles. The van der Waals surface area contributed by atoms with Gasteiger partial charge in [-0.25, -0.2) is 4.98 Å². The number of methoxy groups -OCH3 is 1. The minimum atomic E-state index is -0.227. The van der Waals surface area contributed by atoms with Crippen LogP contribution in [-0.2, 0) is 11.3 Å². The lowest BCUT2D eigenvalue weighted by Crippen LogP contribution is -2.10. The Morgan fingerprint density at radius 1 is 1.35 bits per heavy atom. The maximum Gasteiger partial charge on any atom is 0.251 e. The molecule has 0 bridgehead atoms. The maximum absolute atomic E-state index is 11.4. The normalized spacial score (nSPS) is 10.4. The summed E-state index contributed by atoms with van der Waals surface area (Å²) in [4.78, 5) is 18.3. The number of hydrogen-bond donors (Lipinski definition) is 2. The van der Waals surface area contributed by atoms with Crippen LogP contribution >= 0.6 is 0 Å². The molecule has 0 aliphatic carbocycles. The molecule has 0 amide bonds. The molecule has 0 saturated heterocycles. The van der Waals surface area contributed by atoms with Gasteiger partial charge in [0.05, 0.1) is 12.3 Å². The second kappa shape index (κ2) is 4.80. The minimum absolute atomic E-state index is 0.171. The van der Waals surface area contributed by atoms with E-state index in [1.54, 1.807) is 31.4 Å². The Hall–Kier alpha value is -2.14. The summed E-state index contributed by atoms with van der Waals surface area (Å²) in [5, 5.41) is 9.18. The van der Waals surface area contributed by atoms with E-state index in [4.69, 9.17) is 4.74 Å². The number of phenolic OH excluding ortho intramolecular Hbond substituents is 1. The van der Waals surface area contributed by atoms with Gasteiger partial charge in [-0.2, -0.15) is 0 Å². The lowest BCUT2D eigenvalue weighted by Gasteiger charge is -2.03. The number of rotatable bonds is 3. The quantitative estimate of drug-likeness (QED) is 0.836. The van der Waals surface area contributed by atoms with Crippen LogP contribution < -0.4 is 5.56 Å². The third-order valence-corrected chi connectivity index (χ3v) is 2.23. The predicted octanol–water partition coefficient (Wildman–Crippen LogP) is 1.29. The van der Waals surface area contributed by atoms with Gasteiger partial charge in [-0.3, -0.25) is 4.79 Å². The zero-order chi connectivity index (χ0) is 12.3. The number of phenols is 1. The van der Waals surface area contributed by atoms with Gasteiger partial charge in [0.1, 0.15) is 11.6 Å². The maximum atomic E-state index is 11.4. The van der Waals surface area contributed by atoms with Gasteiger partial charge >= 0.3 is 0 Å². The van der Waals surface area contributed by atoms with Crippen LogP contribution in [0.1, 0.15) is 5.69 Å². The van der Waals surface area contributed by atoms with E-state index in [2.05, 4.69) is 9.97 Å². The van der Waals surface area contributed by atoms with Crippen molar-refractivity contribution < 1.29 is 9.84 Å². The summed E-state index contributed by atoms with van der Waals surface area (Å²) in [6.07, 6.45) is 0. The van der Waals surface area contributed by atoms with Crippen molar-refractivity contribution in [3.8, 4) is 17.1 Å². The molecule has 0 atom stereocenters. The molecule has 0 radical (unpaired) electrons. The molecule has 0 saturated carbocycles. The van der Waals surface area contributed by atoms with E-state index in [0.29, 0.717) is 11.5 Å².